The van der Waals surface area contributed by atoms with E-state index >= 15 is 0 Å². The van der Waals surface area contributed by atoms with E-state index in [1.807, 2.05) is 0 Å². The van der Waals surface area contributed by atoms with Gasteiger partial charge in [-0.25, -0.2) is 4.79 Å². The van der Waals surface area contributed by atoms with Crippen molar-refractivity contribution >= 4 is 11.9 Å². The number of aromatic nitrogens is 1. The van der Waals surface area contributed by atoms with Crippen molar-refractivity contribution in [1.82, 2.24) is 10.3 Å². The molecule has 1 amide bonds. The van der Waals surface area contributed by atoms with Crippen LogP contribution in [0.2, 0.25) is 0 Å². The van der Waals surface area contributed by atoms with Gasteiger partial charge in [-0.15, -0.1) is 0 Å². The van der Waals surface area contributed by atoms with Gasteiger partial charge < -0.3 is 16.2 Å². The number of hydrogen-bond donors (Lipinski definition) is 3. The van der Waals surface area contributed by atoms with Crippen molar-refractivity contribution in [2.45, 2.75) is 32.2 Å². The number of pyridine rings is 1. The van der Waals surface area contributed by atoms with Crippen LogP contribution < -0.4 is 11.1 Å². The Morgan fingerprint density at radius 1 is 1.38 bits per heavy atom. The molecule has 21 heavy (non-hydrogen) atoms. The second kappa shape index (κ2) is 7.17. The molecule has 1 aromatic rings. The molecule has 0 saturated heterocycles. The molecule has 114 valence electrons. The highest BCUT2D eigenvalue weighted by Gasteiger charge is 2.29. The van der Waals surface area contributed by atoms with E-state index in [4.69, 9.17) is 10.8 Å². The molecule has 0 aliphatic heterocycles. The van der Waals surface area contributed by atoms with Crippen LogP contribution in [0.4, 0.5) is 0 Å². The van der Waals surface area contributed by atoms with Gasteiger partial charge in [0, 0.05) is 12.1 Å². The number of nitrogens with zero attached hydrogens (tertiary/aromatic N) is 1. The number of aromatic carboxylic acids is 1. The van der Waals surface area contributed by atoms with E-state index in [-0.39, 0.29) is 29.9 Å². The van der Waals surface area contributed by atoms with Crippen molar-refractivity contribution in [2.75, 3.05) is 6.54 Å². The van der Waals surface area contributed by atoms with Gasteiger partial charge in [0.1, 0.15) is 0 Å². The van der Waals surface area contributed by atoms with Crippen molar-refractivity contribution in [3.63, 3.8) is 0 Å². The largest absolute Gasteiger partial charge is 0.478 e. The van der Waals surface area contributed by atoms with Gasteiger partial charge in [-0.1, -0.05) is 12.8 Å². The van der Waals surface area contributed by atoms with Crippen LogP contribution in [0.25, 0.3) is 0 Å². The minimum atomic E-state index is -1.000. The molecular weight excluding hydrogens is 270 g/mol. The Balaban J connectivity index is 1.94. The highest BCUT2D eigenvalue weighted by molar-refractivity contribution is 5.87. The minimum absolute atomic E-state index is 0.00678. The summed E-state index contributed by atoms with van der Waals surface area (Å²) >= 11 is 0. The first kappa shape index (κ1) is 15.4. The van der Waals surface area contributed by atoms with E-state index in [1.54, 1.807) is 0 Å². The van der Waals surface area contributed by atoms with E-state index in [2.05, 4.69) is 10.3 Å². The highest BCUT2D eigenvalue weighted by atomic mass is 16.4. The summed E-state index contributed by atoms with van der Waals surface area (Å²) in [6.45, 7) is 0.776. The van der Waals surface area contributed by atoms with E-state index < -0.39 is 5.97 Å². The molecule has 1 saturated carbocycles. The molecular formula is C15H21N3O3. The molecule has 0 spiro atoms. The van der Waals surface area contributed by atoms with Crippen molar-refractivity contribution in [3.8, 4) is 0 Å². The molecule has 1 fully saturated rings. The van der Waals surface area contributed by atoms with Gasteiger partial charge in [0.2, 0.25) is 5.91 Å². The summed E-state index contributed by atoms with van der Waals surface area (Å²) in [7, 11) is 0. The number of nitrogens with two attached hydrogens (primary N) is 1. The Kier molecular flexibility index (Phi) is 5.27. The van der Waals surface area contributed by atoms with Crippen LogP contribution in [0.15, 0.2) is 18.3 Å². The van der Waals surface area contributed by atoms with Crippen molar-refractivity contribution in [3.05, 3.63) is 29.6 Å². The number of carbonyl (C=O) groups excluding carboxylic acids is 1. The lowest BCUT2D eigenvalue weighted by Gasteiger charge is -2.29. The van der Waals surface area contributed by atoms with E-state index in [0.717, 1.165) is 25.7 Å². The zero-order chi connectivity index (χ0) is 15.2. The van der Waals surface area contributed by atoms with Crippen molar-refractivity contribution in [1.29, 1.82) is 0 Å². The average Bonchev–Trinajstić information content (AvgIpc) is 2.52. The number of carbonyl (C=O) groups is 2. The lowest BCUT2D eigenvalue weighted by atomic mass is 9.79. The quantitative estimate of drug-likeness (QED) is 0.755. The lowest BCUT2D eigenvalue weighted by Crippen LogP contribution is -2.39. The Bertz CT molecular complexity index is 519. The summed E-state index contributed by atoms with van der Waals surface area (Å²) in [5.74, 6) is -0.795. The zero-order valence-electron chi connectivity index (χ0n) is 11.9. The van der Waals surface area contributed by atoms with Crippen molar-refractivity contribution < 1.29 is 14.7 Å². The maximum Gasteiger partial charge on any atom is 0.335 e. The molecule has 4 N–H and O–H groups in total. The van der Waals surface area contributed by atoms with Crippen LogP contribution >= 0.6 is 0 Å². The molecule has 6 heteroatoms. The summed E-state index contributed by atoms with van der Waals surface area (Å²) < 4.78 is 0. The van der Waals surface area contributed by atoms with Crippen LogP contribution in [0.1, 0.15) is 41.7 Å². The van der Waals surface area contributed by atoms with Crippen LogP contribution in [-0.4, -0.2) is 28.5 Å². The topological polar surface area (TPSA) is 105 Å². The maximum absolute atomic E-state index is 12.2. The monoisotopic (exact) mass is 291 g/mol. The third kappa shape index (κ3) is 4.01. The Hall–Kier alpha value is -1.95. The fourth-order valence-corrected chi connectivity index (χ4v) is 2.85. The van der Waals surface area contributed by atoms with Crippen LogP contribution in [0, 0.1) is 11.8 Å². The first-order valence-corrected chi connectivity index (χ1v) is 7.28. The summed E-state index contributed by atoms with van der Waals surface area (Å²) in [6, 6.07) is 2.91. The van der Waals surface area contributed by atoms with Crippen LogP contribution in [0.5, 0.6) is 0 Å². The fraction of sp³-hybridized carbons (Fsp3) is 0.533. The predicted molar refractivity (Wildman–Crippen MR) is 77.5 cm³/mol. The molecule has 0 bridgehead atoms. The van der Waals surface area contributed by atoms with Crippen LogP contribution in [-0.2, 0) is 11.3 Å². The van der Waals surface area contributed by atoms with Gasteiger partial charge in [-0.3, -0.25) is 9.78 Å². The Morgan fingerprint density at radius 2 is 2.14 bits per heavy atom. The summed E-state index contributed by atoms with van der Waals surface area (Å²) in [4.78, 5) is 27.2. The lowest BCUT2D eigenvalue weighted by molar-refractivity contribution is -0.127. The van der Waals surface area contributed by atoms with Gasteiger partial charge in [0.25, 0.3) is 0 Å². The number of amides is 1. The molecule has 1 aromatic heterocycles. The number of carboxylic acids is 1. The molecule has 2 rings (SSSR count). The smallest absolute Gasteiger partial charge is 0.335 e. The summed E-state index contributed by atoms with van der Waals surface area (Å²) in [6.07, 6.45) is 5.50. The normalized spacial score (nSPS) is 21.8. The second-order valence-electron chi connectivity index (χ2n) is 5.45. The molecule has 1 aliphatic carbocycles. The summed E-state index contributed by atoms with van der Waals surface area (Å²) in [5.41, 5.74) is 6.45. The first-order chi connectivity index (χ1) is 10.1. The standard InChI is InChI=1S/C15H21N3O3/c16-8-11-3-1-2-4-13(11)14(19)18-9-12-7-10(15(20)21)5-6-17-12/h5-7,11,13H,1-4,8-9,16H2,(H,18,19)(H,20,21). The van der Waals surface area contributed by atoms with Gasteiger partial charge in [0.15, 0.2) is 0 Å². The van der Waals surface area contributed by atoms with Gasteiger partial charge in [-0.05, 0) is 37.4 Å². The third-order valence-electron chi connectivity index (χ3n) is 4.06. The Morgan fingerprint density at radius 3 is 2.86 bits per heavy atom. The number of nitrogens with one attached hydrogen (secondary N) is 1. The van der Waals surface area contributed by atoms with Crippen molar-refractivity contribution in [2.24, 2.45) is 17.6 Å². The van der Waals surface area contributed by atoms with Crippen LogP contribution in [0.3, 0.4) is 0 Å². The van der Waals surface area contributed by atoms with E-state index in [9.17, 15) is 9.59 Å². The van der Waals surface area contributed by atoms with Gasteiger partial charge in [-0.2, -0.15) is 0 Å². The highest BCUT2D eigenvalue weighted by Crippen LogP contribution is 2.29. The van der Waals surface area contributed by atoms with Gasteiger partial charge in [0.05, 0.1) is 17.8 Å². The average molecular weight is 291 g/mol. The van der Waals surface area contributed by atoms with Gasteiger partial charge >= 0.3 is 5.97 Å². The van der Waals surface area contributed by atoms with E-state index in [0.29, 0.717) is 12.2 Å². The molecule has 1 heterocycles. The fourth-order valence-electron chi connectivity index (χ4n) is 2.85. The zero-order valence-corrected chi connectivity index (χ0v) is 11.9. The molecule has 2 unspecified atom stereocenters. The number of carboxylic acid groups (broad SMARTS) is 1. The van der Waals surface area contributed by atoms with E-state index in [1.165, 1.54) is 18.3 Å². The number of hydrogen-bond acceptors (Lipinski definition) is 4. The number of rotatable bonds is 5. The second-order valence-corrected chi connectivity index (χ2v) is 5.45. The Labute approximate surface area is 123 Å². The molecule has 0 radical (unpaired) electrons. The minimum Gasteiger partial charge on any atom is -0.478 e. The predicted octanol–water partition coefficient (Wildman–Crippen LogP) is 1.16. The molecule has 6 nitrogen and oxygen atoms in total. The SMILES string of the molecule is NCC1CCCCC1C(=O)NCc1cc(C(=O)O)ccn1. The first-order valence-electron chi connectivity index (χ1n) is 7.28. The third-order valence-corrected chi connectivity index (χ3v) is 4.06. The maximum atomic E-state index is 12.2. The molecule has 1 aliphatic rings. The molecule has 0 aromatic carbocycles. The summed E-state index contributed by atoms with van der Waals surface area (Å²) in [5, 5.41) is 11.8. The molecule has 2 atom stereocenters.